The van der Waals surface area contributed by atoms with E-state index in [1.165, 1.54) is 61.2 Å². The molecule has 0 N–H and O–H groups in total. The number of hydrogen-bond donors (Lipinski definition) is 0. The molecule has 108 valence electrons. The van der Waals surface area contributed by atoms with Crippen molar-refractivity contribution >= 4 is 23.1 Å². The molecule has 0 aromatic carbocycles. The Hall–Kier alpha value is 0.740. The van der Waals surface area contributed by atoms with E-state index in [4.69, 9.17) is 0 Å². The van der Waals surface area contributed by atoms with Gasteiger partial charge < -0.3 is 28.5 Å². The van der Waals surface area contributed by atoms with Crippen LogP contribution in [0.15, 0.2) is 17.5 Å². The fraction of sp³-hybridized carbons (Fsp3) is 0.733. The van der Waals surface area contributed by atoms with Gasteiger partial charge in [-0.3, -0.25) is 0 Å². The largest absolute Gasteiger partial charge is 1.00 e. The summed E-state index contributed by atoms with van der Waals surface area (Å²) in [5.74, 6) is 2.71. The second-order valence-electron chi connectivity index (χ2n) is 6.03. The highest BCUT2D eigenvalue weighted by molar-refractivity contribution is 7.99. The van der Waals surface area contributed by atoms with Gasteiger partial charge in [-0.05, 0) is 42.2 Å². The van der Waals surface area contributed by atoms with Gasteiger partial charge in [-0.25, -0.2) is 0 Å². The number of quaternary nitrogens is 1. The van der Waals surface area contributed by atoms with E-state index < -0.39 is 0 Å². The lowest BCUT2D eigenvalue weighted by atomic mass is 9.83. The van der Waals surface area contributed by atoms with Gasteiger partial charge in [-0.2, -0.15) is 11.8 Å². The minimum Gasteiger partial charge on any atom is -1.00 e. The third-order valence-corrected chi connectivity index (χ3v) is 7.19. The monoisotopic (exact) mass is 409 g/mol. The number of rotatable bonds is 2. The molecule has 0 saturated carbocycles. The number of nitrogens with zero attached hydrogens (tertiary/aromatic N) is 1. The number of thiophene rings is 1. The predicted octanol–water partition coefficient (Wildman–Crippen LogP) is 1.10. The van der Waals surface area contributed by atoms with Gasteiger partial charge in [0.05, 0.1) is 25.0 Å². The SMILES string of the molecule is C[N+]1(C2(c3cccs3)CCSCC2)CCCCC1.[I-]. The first-order valence-electron chi connectivity index (χ1n) is 7.23. The van der Waals surface area contributed by atoms with Gasteiger partial charge >= 0.3 is 0 Å². The van der Waals surface area contributed by atoms with Crippen LogP contribution >= 0.6 is 23.1 Å². The molecule has 2 aliphatic heterocycles. The second-order valence-corrected chi connectivity index (χ2v) is 8.20. The molecule has 0 bridgehead atoms. The van der Waals surface area contributed by atoms with Gasteiger partial charge in [-0.1, -0.05) is 6.07 Å². The van der Waals surface area contributed by atoms with Gasteiger partial charge in [0.25, 0.3) is 0 Å². The maximum absolute atomic E-state index is 2.54. The molecule has 4 heteroatoms. The number of hydrogen-bond acceptors (Lipinski definition) is 2. The fourth-order valence-electron chi connectivity index (χ4n) is 3.94. The smallest absolute Gasteiger partial charge is 0.135 e. The molecule has 0 atom stereocenters. The van der Waals surface area contributed by atoms with Crippen molar-refractivity contribution in [3.63, 3.8) is 0 Å². The highest BCUT2D eigenvalue weighted by atomic mass is 127. The molecule has 1 aromatic rings. The van der Waals surface area contributed by atoms with E-state index in [1.54, 1.807) is 4.88 Å². The summed E-state index contributed by atoms with van der Waals surface area (Å²) in [4.78, 5) is 1.66. The molecule has 3 rings (SSSR count). The zero-order valence-electron chi connectivity index (χ0n) is 11.7. The van der Waals surface area contributed by atoms with E-state index in [9.17, 15) is 0 Å². The lowest BCUT2D eigenvalue weighted by molar-refractivity contribution is -0.971. The molecule has 1 aromatic heterocycles. The van der Waals surface area contributed by atoms with Gasteiger partial charge in [0, 0.05) is 12.8 Å². The minimum absolute atomic E-state index is 0. The molecular formula is C15H24INS2. The van der Waals surface area contributed by atoms with Crippen LogP contribution in [0, 0.1) is 0 Å². The summed E-state index contributed by atoms with van der Waals surface area (Å²) >= 11 is 4.15. The van der Waals surface area contributed by atoms with Crippen LogP contribution in [0.5, 0.6) is 0 Å². The Morgan fingerprint density at radius 2 is 1.79 bits per heavy atom. The summed E-state index contributed by atoms with van der Waals surface area (Å²) in [5, 5.41) is 2.27. The summed E-state index contributed by atoms with van der Waals surface area (Å²) in [5.41, 5.74) is 0.444. The van der Waals surface area contributed by atoms with Crippen molar-refractivity contribution < 1.29 is 28.5 Å². The molecule has 0 amide bonds. The Bertz CT molecular complexity index is 379. The van der Waals surface area contributed by atoms with Crippen LogP contribution in [0.25, 0.3) is 0 Å². The second kappa shape index (κ2) is 6.67. The molecule has 0 radical (unpaired) electrons. The summed E-state index contributed by atoms with van der Waals surface area (Å²) in [7, 11) is 2.54. The first kappa shape index (κ1) is 16.1. The van der Waals surface area contributed by atoms with Crippen LogP contribution in [0.1, 0.15) is 37.0 Å². The highest BCUT2D eigenvalue weighted by Gasteiger charge is 2.51. The highest BCUT2D eigenvalue weighted by Crippen LogP contribution is 2.48. The molecule has 0 aliphatic carbocycles. The lowest BCUT2D eigenvalue weighted by Gasteiger charge is -2.54. The van der Waals surface area contributed by atoms with E-state index in [2.05, 4.69) is 36.3 Å². The Balaban J connectivity index is 0.00000133. The third-order valence-electron chi connectivity index (χ3n) is 5.14. The van der Waals surface area contributed by atoms with E-state index in [-0.39, 0.29) is 24.0 Å². The maximum atomic E-state index is 2.54. The molecular weight excluding hydrogens is 385 g/mol. The summed E-state index contributed by atoms with van der Waals surface area (Å²) < 4.78 is 1.31. The van der Waals surface area contributed by atoms with Crippen molar-refractivity contribution in [3.8, 4) is 0 Å². The van der Waals surface area contributed by atoms with Crippen LogP contribution in [-0.2, 0) is 5.54 Å². The molecule has 0 unspecified atom stereocenters. The summed E-state index contributed by atoms with van der Waals surface area (Å²) in [6, 6.07) is 4.65. The van der Waals surface area contributed by atoms with E-state index in [0.29, 0.717) is 5.54 Å². The van der Waals surface area contributed by atoms with Gasteiger partial charge in [0.15, 0.2) is 0 Å². The maximum Gasteiger partial charge on any atom is 0.135 e. The number of thioether (sulfide) groups is 1. The average molecular weight is 409 g/mol. The van der Waals surface area contributed by atoms with E-state index in [0.717, 1.165) is 0 Å². The van der Waals surface area contributed by atoms with E-state index in [1.807, 2.05) is 11.3 Å². The summed E-state index contributed by atoms with van der Waals surface area (Å²) in [6.07, 6.45) is 7.07. The third kappa shape index (κ3) is 2.87. The van der Waals surface area contributed by atoms with E-state index >= 15 is 0 Å². The first-order valence-corrected chi connectivity index (χ1v) is 9.27. The first-order chi connectivity index (χ1) is 8.77. The lowest BCUT2D eigenvalue weighted by Crippen LogP contribution is -3.00. The quantitative estimate of drug-likeness (QED) is 0.521. The van der Waals surface area contributed by atoms with Crippen molar-refractivity contribution in [2.45, 2.75) is 37.6 Å². The zero-order chi connectivity index (χ0) is 12.5. The number of piperidine rings is 1. The minimum atomic E-state index is 0. The topological polar surface area (TPSA) is 0 Å². The van der Waals surface area contributed by atoms with Gasteiger partial charge in [0.2, 0.25) is 0 Å². The molecule has 1 nitrogen and oxygen atoms in total. The Labute approximate surface area is 142 Å². The Kier molecular flexibility index (Phi) is 5.66. The Morgan fingerprint density at radius 1 is 1.11 bits per heavy atom. The van der Waals surface area contributed by atoms with Crippen molar-refractivity contribution in [2.24, 2.45) is 0 Å². The normalized spacial score (nSPS) is 25.5. The molecule has 3 heterocycles. The molecule has 19 heavy (non-hydrogen) atoms. The fourth-order valence-corrected chi connectivity index (χ4v) is 6.22. The van der Waals surface area contributed by atoms with Crippen LogP contribution in [0.3, 0.4) is 0 Å². The van der Waals surface area contributed by atoms with Gasteiger partial charge in [0.1, 0.15) is 5.54 Å². The number of halogens is 1. The van der Waals surface area contributed by atoms with Crippen molar-refractivity contribution in [3.05, 3.63) is 22.4 Å². The van der Waals surface area contributed by atoms with Crippen LogP contribution in [0.2, 0.25) is 0 Å². The molecule has 2 fully saturated rings. The average Bonchev–Trinajstić information content (AvgIpc) is 2.94. The van der Waals surface area contributed by atoms with Crippen LogP contribution < -0.4 is 24.0 Å². The molecule has 2 aliphatic rings. The Morgan fingerprint density at radius 3 is 2.37 bits per heavy atom. The van der Waals surface area contributed by atoms with Crippen LogP contribution in [0.4, 0.5) is 0 Å². The van der Waals surface area contributed by atoms with Crippen molar-refractivity contribution in [2.75, 3.05) is 31.6 Å². The molecule has 0 spiro atoms. The number of likely N-dealkylation sites (tertiary alicyclic amines) is 1. The van der Waals surface area contributed by atoms with Crippen LogP contribution in [-0.4, -0.2) is 36.1 Å². The predicted molar refractivity (Wildman–Crippen MR) is 82.3 cm³/mol. The van der Waals surface area contributed by atoms with Crippen molar-refractivity contribution in [1.82, 2.24) is 0 Å². The zero-order valence-corrected chi connectivity index (χ0v) is 15.5. The van der Waals surface area contributed by atoms with Gasteiger partial charge in [-0.15, -0.1) is 11.3 Å². The standard InChI is InChI=1S/C15H24NS2.HI/c1-16(9-3-2-4-10-16)15(7-12-17-13-8-15)14-6-5-11-18-14;/h5-6,11H,2-4,7-10,12-13H2,1H3;1H/q+1;/p-1. The van der Waals surface area contributed by atoms with Crippen molar-refractivity contribution in [1.29, 1.82) is 0 Å². The molecule has 2 saturated heterocycles. The summed E-state index contributed by atoms with van der Waals surface area (Å²) in [6.45, 7) is 2.78.